The molecule has 1 N–H and O–H groups in total. The van der Waals surface area contributed by atoms with Gasteiger partial charge in [0.25, 0.3) is 0 Å². The zero-order valence-corrected chi connectivity index (χ0v) is 11.4. The first-order chi connectivity index (χ1) is 8.61. The van der Waals surface area contributed by atoms with Crippen LogP contribution >= 0.6 is 0 Å². The molecule has 3 heteroatoms. The van der Waals surface area contributed by atoms with Crippen LogP contribution in [0.3, 0.4) is 0 Å². The predicted octanol–water partition coefficient (Wildman–Crippen LogP) is 2.79. The first kappa shape index (κ1) is 12.7. The van der Waals surface area contributed by atoms with Crippen molar-refractivity contribution in [3.63, 3.8) is 0 Å². The van der Waals surface area contributed by atoms with Crippen molar-refractivity contribution in [2.45, 2.75) is 27.3 Å². The number of hydrogen-bond donors (Lipinski definition) is 1. The molecule has 3 nitrogen and oxygen atoms in total. The van der Waals surface area contributed by atoms with Crippen molar-refractivity contribution in [2.24, 2.45) is 0 Å². The second-order valence-electron chi connectivity index (χ2n) is 4.66. The molecule has 94 valence electrons. The molecule has 2 aromatic rings. The van der Waals surface area contributed by atoms with Crippen LogP contribution in [0.5, 0.6) is 0 Å². The van der Waals surface area contributed by atoms with Crippen molar-refractivity contribution < 1.29 is 0 Å². The van der Waals surface area contributed by atoms with Gasteiger partial charge in [0, 0.05) is 11.8 Å². The third-order valence-electron chi connectivity index (χ3n) is 2.97. The molecule has 2 rings (SSSR count). The van der Waals surface area contributed by atoms with Crippen molar-refractivity contribution in [1.82, 2.24) is 15.3 Å². The quantitative estimate of drug-likeness (QED) is 0.898. The van der Waals surface area contributed by atoms with Crippen molar-refractivity contribution in [1.29, 1.82) is 0 Å². The highest BCUT2D eigenvalue weighted by Gasteiger charge is 2.08. The molecule has 0 spiro atoms. The first-order valence-electron chi connectivity index (χ1n) is 6.16. The summed E-state index contributed by atoms with van der Waals surface area (Å²) in [5.74, 6) is 0.828. The summed E-state index contributed by atoms with van der Waals surface area (Å²) in [7, 11) is 1.90. The van der Waals surface area contributed by atoms with Gasteiger partial charge < -0.3 is 5.32 Å². The fourth-order valence-electron chi connectivity index (χ4n) is 2.37. The van der Waals surface area contributed by atoms with E-state index in [9.17, 15) is 0 Å². The summed E-state index contributed by atoms with van der Waals surface area (Å²) in [6.45, 7) is 7.08. The predicted molar refractivity (Wildman–Crippen MR) is 74.4 cm³/mol. The van der Waals surface area contributed by atoms with Crippen molar-refractivity contribution >= 4 is 0 Å². The van der Waals surface area contributed by atoms with Crippen LogP contribution < -0.4 is 5.32 Å². The van der Waals surface area contributed by atoms with E-state index in [0.717, 1.165) is 11.5 Å². The average Bonchev–Trinajstić information content (AvgIpc) is 2.28. The number of hydrogen-bond acceptors (Lipinski definition) is 3. The number of nitrogens with one attached hydrogen (secondary N) is 1. The molecule has 0 bridgehead atoms. The lowest BCUT2D eigenvalue weighted by Crippen LogP contribution is -2.09. The normalized spacial score (nSPS) is 10.7. The van der Waals surface area contributed by atoms with Crippen LogP contribution in [-0.4, -0.2) is 17.0 Å². The highest BCUT2D eigenvalue weighted by Crippen LogP contribution is 2.26. The Hall–Kier alpha value is -1.74. The van der Waals surface area contributed by atoms with E-state index < -0.39 is 0 Å². The minimum absolute atomic E-state index is 0.692. The first-order valence-corrected chi connectivity index (χ1v) is 6.16. The summed E-state index contributed by atoms with van der Waals surface area (Å²) < 4.78 is 0. The SMILES string of the molecule is CNCc1nccc(-c2c(C)cc(C)cc2C)n1. The highest BCUT2D eigenvalue weighted by molar-refractivity contribution is 5.67. The van der Waals surface area contributed by atoms with Gasteiger partial charge in [-0.15, -0.1) is 0 Å². The fraction of sp³-hybridized carbons (Fsp3) is 0.333. The molecule has 0 saturated heterocycles. The lowest BCUT2D eigenvalue weighted by molar-refractivity contribution is 0.759. The molecule has 1 aromatic heterocycles. The lowest BCUT2D eigenvalue weighted by atomic mass is 9.97. The van der Waals surface area contributed by atoms with Crippen LogP contribution in [-0.2, 0) is 6.54 Å². The molecule has 0 aliphatic rings. The Labute approximate surface area is 108 Å². The molecule has 1 aromatic carbocycles. The molecule has 0 radical (unpaired) electrons. The van der Waals surface area contributed by atoms with Crippen LogP contribution in [0.2, 0.25) is 0 Å². The minimum atomic E-state index is 0.692. The Morgan fingerprint density at radius 1 is 1.11 bits per heavy atom. The molecular formula is C15H19N3. The summed E-state index contributed by atoms with van der Waals surface area (Å²) in [5.41, 5.74) is 6.05. The zero-order chi connectivity index (χ0) is 13.1. The van der Waals surface area contributed by atoms with Crippen LogP contribution in [0, 0.1) is 20.8 Å². The van der Waals surface area contributed by atoms with E-state index >= 15 is 0 Å². The Balaban J connectivity index is 2.51. The number of nitrogens with zero attached hydrogens (tertiary/aromatic N) is 2. The van der Waals surface area contributed by atoms with Gasteiger partial charge in [-0.1, -0.05) is 17.7 Å². The molecule has 0 aliphatic carbocycles. The topological polar surface area (TPSA) is 37.8 Å². The second kappa shape index (κ2) is 5.27. The maximum absolute atomic E-state index is 4.61. The summed E-state index contributed by atoms with van der Waals surface area (Å²) >= 11 is 0. The monoisotopic (exact) mass is 241 g/mol. The molecule has 0 fully saturated rings. The Kier molecular flexibility index (Phi) is 3.72. The Morgan fingerprint density at radius 3 is 2.39 bits per heavy atom. The Bertz CT molecular complexity index is 538. The van der Waals surface area contributed by atoms with E-state index in [2.05, 4.69) is 48.2 Å². The summed E-state index contributed by atoms with van der Waals surface area (Å²) in [5, 5.41) is 3.08. The minimum Gasteiger partial charge on any atom is -0.313 e. The van der Waals surface area contributed by atoms with Gasteiger partial charge in [-0.2, -0.15) is 0 Å². The standard InChI is InChI=1S/C15H19N3/c1-10-7-11(2)15(12(3)8-10)13-5-6-17-14(18-13)9-16-4/h5-8,16H,9H2,1-4H3. The third kappa shape index (κ3) is 2.57. The van der Waals surface area contributed by atoms with Crippen molar-refractivity contribution in [3.8, 4) is 11.3 Å². The van der Waals surface area contributed by atoms with Crippen LogP contribution in [0.25, 0.3) is 11.3 Å². The maximum atomic E-state index is 4.61. The number of aryl methyl sites for hydroxylation is 3. The molecular weight excluding hydrogens is 222 g/mol. The van der Waals surface area contributed by atoms with E-state index in [1.54, 1.807) is 0 Å². The number of benzene rings is 1. The van der Waals surface area contributed by atoms with E-state index in [-0.39, 0.29) is 0 Å². The van der Waals surface area contributed by atoms with E-state index in [0.29, 0.717) is 6.54 Å². The Morgan fingerprint density at radius 2 is 1.78 bits per heavy atom. The highest BCUT2D eigenvalue weighted by atomic mass is 14.9. The van der Waals surface area contributed by atoms with Gasteiger partial charge in [0.2, 0.25) is 0 Å². The van der Waals surface area contributed by atoms with E-state index in [1.807, 2.05) is 19.3 Å². The molecule has 0 atom stereocenters. The average molecular weight is 241 g/mol. The van der Waals surface area contributed by atoms with Crippen LogP contribution in [0.4, 0.5) is 0 Å². The number of rotatable bonds is 3. The van der Waals surface area contributed by atoms with Gasteiger partial charge in [0.15, 0.2) is 0 Å². The van der Waals surface area contributed by atoms with Gasteiger partial charge in [0.1, 0.15) is 5.82 Å². The maximum Gasteiger partial charge on any atom is 0.142 e. The van der Waals surface area contributed by atoms with Crippen LogP contribution in [0.1, 0.15) is 22.5 Å². The van der Waals surface area contributed by atoms with Gasteiger partial charge >= 0.3 is 0 Å². The number of aromatic nitrogens is 2. The second-order valence-corrected chi connectivity index (χ2v) is 4.66. The van der Waals surface area contributed by atoms with E-state index in [1.165, 1.54) is 22.3 Å². The summed E-state index contributed by atoms with van der Waals surface area (Å²) in [6, 6.07) is 6.37. The molecule has 0 unspecified atom stereocenters. The lowest BCUT2D eigenvalue weighted by Gasteiger charge is -2.11. The van der Waals surface area contributed by atoms with Gasteiger partial charge in [-0.05, 0) is 45.0 Å². The molecule has 0 aliphatic heterocycles. The van der Waals surface area contributed by atoms with Gasteiger partial charge in [0.05, 0.1) is 12.2 Å². The largest absolute Gasteiger partial charge is 0.313 e. The third-order valence-corrected chi connectivity index (χ3v) is 2.97. The van der Waals surface area contributed by atoms with Gasteiger partial charge in [-0.3, -0.25) is 0 Å². The van der Waals surface area contributed by atoms with E-state index in [4.69, 9.17) is 0 Å². The smallest absolute Gasteiger partial charge is 0.142 e. The molecule has 0 saturated carbocycles. The van der Waals surface area contributed by atoms with Crippen LogP contribution in [0.15, 0.2) is 24.4 Å². The van der Waals surface area contributed by atoms with Crippen molar-refractivity contribution in [3.05, 3.63) is 46.9 Å². The zero-order valence-electron chi connectivity index (χ0n) is 11.4. The summed E-state index contributed by atoms with van der Waals surface area (Å²) in [6.07, 6.45) is 1.83. The fourth-order valence-corrected chi connectivity index (χ4v) is 2.37. The van der Waals surface area contributed by atoms with Crippen molar-refractivity contribution in [2.75, 3.05) is 7.05 Å². The van der Waals surface area contributed by atoms with Gasteiger partial charge in [-0.25, -0.2) is 9.97 Å². The summed E-state index contributed by atoms with van der Waals surface area (Å²) in [4.78, 5) is 8.87. The molecule has 1 heterocycles. The molecule has 0 amide bonds. The molecule has 18 heavy (non-hydrogen) atoms.